The van der Waals surface area contributed by atoms with Gasteiger partial charge in [0.1, 0.15) is 17.7 Å². The van der Waals surface area contributed by atoms with Crippen molar-refractivity contribution in [1.29, 1.82) is 0 Å². The smallest absolute Gasteiger partial charge is 0.427 e. The largest absolute Gasteiger partial charge is 0.484 e. The minimum Gasteiger partial charge on any atom is -0.427 e. The van der Waals surface area contributed by atoms with E-state index in [0.717, 1.165) is 36.7 Å². The van der Waals surface area contributed by atoms with Gasteiger partial charge in [0.05, 0.1) is 32.0 Å². The Hall–Kier alpha value is -4.41. The second-order valence-corrected chi connectivity index (χ2v) is 18.1. The third kappa shape index (κ3) is 17.4. The van der Waals surface area contributed by atoms with Crippen molar-refractivity contribution in [2.24, 2.45) is 5.11 Å². The lowest BCUT2D eigenvalue weighted by atomic mass is 10.1. The molecule has 5 atom stereocenters. The van der Waals surface area contributed by atoms with Gasteiger partial charge in [0.15, 0.2) is 0 Å². The molecule has 1 aliphatic heterocycles. The number of H-pyrrole nitrogens is 1. The number of carbonyl (C=O) groups is 2. The molecule has 1 fully saturated rings. The highest BCUT2D eigenvalue weighted by atomic mass is 31.3. The van der Waals surface area contributed by atoms with Gasteiger partial charge >= 0.3 is 33.3 Å². The molecular formula is C41H57N5O14P2. The van der Waals surface area contributed by atoms with E-state index >= 15 is 0 Å². The van der Waals surface area contributed by atoms with Gasteiger partial charge in [-0.2, -0.15) is 4.31 Å². The number of aromatic nitrogens is 2. The number of hydrogen-bond acceptors (Lipinski definition) is 14. The lowest BCUT2D eigenvalue weighted by Gasteiger charge is -2.22. The Morgan fingerprint density at radius 2 is 1.34 bits per heavy atom. The van der Waals surface area contributed by atoms with Crippen LogP contribution in [0.5, 0.6) is 11.5 Å². The van der Waals surface area contributed by atoms with Crippen LogP contribution in [0.4, 0.5) is 0 Å². The maximum Gasteiger partial charge on any atom is 0.484 e. The number of benzene rings is 2. The molecule has 340 valence electrons. The predicted octanol–water partition coefficient (Wildman–Crippen LogP) is 9.41. The highest BCUT2D eigenvalue weighted by Gasteiger charge is 2.42. The lowest BCUT2D eigenvalue weighted by Crippen LogP contribution is -2.33. The molecule has 2 heterocycles. The number of rotatable bonds is 28. The van der Waals surface area contributed by atoms with E-state index in [4.69, 9.17) is 37.6 Å². The van der Waals surface area contributed by atoms with Crippen LogP contribution in [0.3, 0.4) is 0 Å². The van der Waals surface area contributed by atoms with Crippen molar-refractivity contribution >= 4 is 27.6 Å². The zero-order valence-electron chi connectivity index (χ0n) is 35.4. The molecule has 3 aromatic rings. The van der Waals surface area contributed by atoms with E-state index in [1.54, 1.807) is 12.1 Å². The average molecular weight is 906 g/mol. The number of phosphoric acid groups is 2. The Morgan fingerprint density at radius 3 is 1.87 bits per heavy atom. The Bertz CT molecular complexity index is 2160. The van der Waals surface area contributed by atoms with Gasteiger partial charge in [-0.3, -0.25) is 37.5 Å². The Balaban J connectivity index is 1.38. The summed E-state index contributed by atoms with van der Waals surface area (Å²) in [4.78, 5) is 64.6. The molecule has 21 heteroatoms. The molecular weight excluding hydrogens is 848 g/mol. The van der Waals surface area contributed by atoms with Crippen LogP contribution in [-0.2, 0) is 54.6 Å². The predicted molar refractivity (Wildman–Crippen MR) is 227 cm³/mol. The summed E-state index contributed by atoms with van der Waals surface area (Å²) in [6, 6.07) is 11.2. The van der Waals surface area contributed by atoms with Gasteiger partial charge in [0.2, 0.25) is 0 Å². The number of aryl methyl sites for hydroxylation is 1. The average Bonchev–Trinajstić information content (AvgIpc) is 3.64. The summed E-state index contributed by atoms with van der Waals surface area (Å²) < 4.78 is 66.3. The van der Waals surface area contributed by atoms with Crippen LogP contribution in [0, 0.1) is 6.92 Å². The Labute approximate surface area is 360 Å². The van der Waals surface area contributed by atoms with E-state index in [0.29, 0.717) is 17.5 Å². The summed E-state index contributed by atoms with van der Waals surface area (Å²) in [7, 11) is -10.3. The fourth-order valence-corrected chi connectivity index (χ4v) is 8.91. The lowest BCUT2D eigenvalue weighted by molar-refractivity contribution is -0.135. The first-order valence-corrected chi connectivity index (χ1v) is 23.9. The normalized spacial score (nSPS) is 18.0. The standard InChI is InChI=1S/C41H57N5O14P2/c1-4-6-8-9-10-11-12-13-14-16-39(48)58-34-23-19-32(20-24-34)28-56-62(53,55-27-31-17-21-33(22-18-31)57-38(47)15-7-5-2)60-61(51,52)54-29-36-35(44-45-42)25-37(59-36)46-26-30(3)40(49)43-41(46)50/h17-24,26,35-37H,4-16,25,27-29H2,1-3H3,(H,51,52)(H,43,49,50)/t35?,36-,37-,62?/m1/s1. The molecule has 0 radical (unpaired) electrons. The summed E-state index contributed by atoms with van der Waals surface area (Å²) in [5, 5.41) is 3.66. The first kappa shape index (κ1) is 50.2. The fraction of sp³-hybridized carbons (Fsp3) is 0.561. The second-order valence-electron chi connectivity index (χ2n) is 14.9. The van der Waals surface area contributed by atoms with E-state index in [2.05, 4.69) is 21.9 Å². The molecule has 19 nitrogen and oxygen atoms in total. The van der Waals surface area contributed by atoms with Crippen molar-refractivity contribution in [2.75, 3.05) is 6.61 Å². The summed E-state index contributed by atoms with van der Waals surface area (Å²) in [6.07, 6.45) is 11.1. The van der Waals surface area contributed by atoms with E-state index in [-0.39, 0.29) is 42.3 Å². The Kier molecular flexibility index (Phi) is 20.8. The van der Waals surface area contributed by atoms with E-state index in [1.165, 1.54) is 81.6 Å². The van der Waals surface area contributed by atoms with Crippen LogP contribution in [0.25, 0.3) is 10.4 Å². The summed E-state index contributed by atoms with van der Waals surface area (Å²) in [5.41, 5.74) is 8.78. The zero-order chi connectivity index (χ0) is 45.0. The van der Waals surface area contributed by atoms with E-state index < -0.39 is 71.1 Å². The molecule has 2 N–H and O–H groups in total. The third-order valence-corrected chi connectivity index (χ3v) is 12.8. The molecule has 0 aliphatic carbocycles. The number of aromatic amines is 1. The first-order valence-electron chi connectivity index (χ1n) is 20.9. The monoisotopic (exact) mass is 905 g/mol. The first-order chi connectivity index (χ1) is 29.7. The maximum atomic E-state index is 14.0. The highest BCUT2D eigenvalue weighted by Crippen LogP contribution is 2.64. The number of nitrogens with zero attached hydrogens (tertiary/aromatic N) is 4. The van der Waals surface area contributed by atoms with Crippen LogP contribution in [0.1, 0.15) is 127 Å². The number of phosphoric ester groups is 2. The molecule has 0 amide bonds. The summed E-state index contributed by atoms with van der Waals surface area (Å²) in [6.45, 7) is 3.99. The molecule has 1 aromatic heterocycles. The molecule has 0 spiro atoms. The number of esters is 2. The molecule has 1 saturated heterocycles. The molecule has 62 heavy (non-hydrogen) atoms. The third-order valence-electron chi connectivity index (χ3n) is 9.77. The van der Waals surface area contributed by atoms with Gasteiger partial charge in [-0.15, -0.1) is 0 Å². The van der Waals surface area contributed by atoms with E-state index in [9.17, 15) is 33.2 Å². The number of azide groups is 1. The maximum absolute atomic E-state index is 14.0. The van der Waals surface area contributed by atoms with Crippen molar-refractivity contribution in [2.45, 2.75) is 142 Å². The van der Waals surface area contributed by atoms with Crippen LogP contribution in [0.15, 0.2) is 69.4 Å². The molecule has 2 aromatic carbocycles. The van der Waals surface area contributed by atoms with Gasteiger partial charge in [-0.1, -0.05) is 101 Å². The van der Waals surface area contributed by atoms with Crippen molar-refractivity contribution < 1.29 is 55.7 Å². The molecule has 4 rings (SSSR count). The minimum atomic E-state index is -5.31. The van der Waals surface area contributed by atoms with Crippen molar-refractivity contribution in [3.8, 4) is 11.5 Å². The Morgan fingerprint density at radius 1 is 0.823 bits per heavy atom. The summed E-state index contributed by atoms with van der Waals surface area (Å²) >= 11 is 0. The molecule has 1 aliphatic rings. The van der Waals surface area contributed by atoms with Gasteiger partial charge in [0, 0.05) is 35.9 Å². The quantitative estimate of drug-likeness (QED) is 0.0131. The SMILES string of the molecule is CCCCCCCCCCCC(=O)Oc1ccc(COP(=O)(OCc2ccc(OC(=O)CCCC)cc2)OP(=O)(O)OC[C@H]2O[C@@H](n3cc(C)c(=O)[nH]c3=O)CC2N=[N+]=[N-])cc1. The number of ether oxygens (including phenoxy) is 3. The van der Waals surface area contributed by atoms with Crippen LogP contribution >= 0.6 is 15.6 Å². The number of carbonyl (C=O) groups excluding carboxylic acids is 2. The van der Waals surface area contributed by atoms with Gasteiger partial charge in [-0.25, -0.2) is 13.9 Å². The van der Waals surface area contributed by atoms with Crippen molar-refractivity contribution in [1.82, 2.24) is 9.55 Å². The van der Waals surface area contributed by atoms with Gasteiger partial charge < -0.3 is 19.1 Å². The van der Waals surface area contributed by atoms with Crippen LogP contribution in [0.2, 0.25) is 0 Å². The highest BCUT2D eigenvalue weighted by molar-refractivity contribution is 7.61. The summed E-state index contributed by atoms with van der Waals surface area (Å²) in [5.74, 6) is -0.207. The molecule has 0 bridgehead atoms. The fourth-order valence-electron chi connectivity index (χ4n) is 6.31. The van der Waals surface area contributed by atoms with Crippen molar-refractivity contribution in [3.05, 3.63) is 103 Å². The van der Waals surface area contributed by atoms with Crippen LogP contribution < -0.4 is 20.7 Å². The molecule has 0 saturated carbocycles. The number of unbranched alkanes of at least 4 members (excludes halogenated alkanes) is 9. The zero-order valence-corrected chi connectivity index (χ0v) is 37.2. The number of nitrogens with one attached hydrogen (secondary N) is 1. The van der Waals surface area contributed by atoms with E-state index in [1.807, 2.05) is 6.92 Å². The van der Waals surface area contributed by atoms with Gasteiger partial charge in [0.25, 0.3) is 5.56 Å². The minimum absolute atomic E-state index is 0.0567. The second kappa shape index (κ2) is 25.6. The molecule has 3 unspecified atom stereocenters. The number of hydrogen-bond donors (Lipinski definition) is 2. The topological polar surface area (TPSA) is 257 Å². The van der Waals surface area contributed by atoms with Gasteiger partial charge in [-0.05, 0) is 60.7 Å². The van der Waals surface area contributed by atoms with Crippen LogP contribution in [-0.4, -0.2) is 45.1 Å². The van der Waals surface area contributed by atoms with Crippen molar-refractivity contribution in [3.63, 3.8) is 0 Å².